The molecule has 1 aliphatic rings. The van der Waals surface area contributed by atoms with Gasteiger partial charge < -0.3 is 0 Å². The first-order chi connectivity index (χ1) is 3.79. The van der Waals surface area contributed by atoms with Crippen LogP contribution in [0.5, 0.6) is 0 Å². The SMILES string of the molecule is O=S1CCOS(=O)O1. The van der Waals surface area contributed by atoms with Gasteiger partial charge in [0.1, 0.15) is 0 Å². The molecule has 0 radical (unpaired) electrons. The van der Waals surface area contributed by atoms with Crippen LogP contribution in [0.3, 0.4) is 0 Å². The van der Waals surface area contributed by atoms with Gasteiger partial charge in [0.15, 0.2) is 11.1 Å². The van der Waals surface area contributed by atoms with Crippen molar-refractivity contribution in [2.75, 3.05) is 12.4 Å². The molecule has 0 aromatic rings. The zero-order valence-corrected chi connectivity index (χ0v) is 5.50. The molecule has 1 rings (SSSR count). The van der Waals surface area contributed by atoms with Gasteiger partial charge in [-0.25, -0.2) is 4.21 Å². The second kappa shape index (κ2) is 2.67. The van der Waals surface area contributed by atoms with Gasteiger partial charge in [0.05, 0.1) is 12.4 Å². The Labute approximate surface area is 51.7 Å². The molecule has 1 aliphatic heterocycles. The molecule has 0 spiro atoms. The highest BCUT2D eigenvalue weighted by atomic mass is 32.3. The molecule has 8 heavy (non-hydrogen) atoms. The summed E-state index contributed by atoms with van der Waals surface area (Å²) in [6.45, 7) is 0.249. The van der Waals surface area contributed by atoms with Gasteiger partial charge >= 0.3 is 11.4 Å². The van der Waals surface area contributed by atoms with Crippen LogP contribution in [0.2, 0.25) is 0 Å². The first kappa shape index (κ1) is 6.34. The van der Waals surface area contributed by atoms with Crippen molar-refractivity contribution in [2.24, 2.45) is 0 Å². The lowest BCUT2D eigenvalue weighted by Crippen LogP contribution is -2.18. The molecule has 4 nitrogen and oxygen atoms in total. The Hall–Kier alpha value is 0.220. The van der Waals surface area contributed by atoms with Crippen LogP contribution in [-0.4, -0.2) is 20.8 Å². The average molecular weight is 156 g/mol. The van der Waals surface area contributed by atoms with Crippen molar-refractivity contribution in [1.29, 1.82) is 0 Å². The lowest BCUT2D eigenvalue weighted by Gasteiger charge is -2.06. The maximum Gasteiger partial charge on any atom is 0.318 e. The Morgan fingerprint density at radius 3 is 2.50 bits per heavy atom. The van der Waals surface area contributed by atoms with E-state index in [1.165, 1.54) is 0 Å². The lowest BCUT2D eigenvalue weighted by atomic mass is 10.9. The monoisotopic (exact) mass is 156 g/mol. The van der Waals surface area contributed by atoms with E-state index in [0.717, 1.165) is 0 Å². The van der Waals surface area contributed by atoms with Crippen LogP contribution in [0.4, 0.5) is 0 Å². The van der Waals surface area contributed by atoms with Crippen molar-refractivity contribution >= 4 is 22.4 Å². The molecule has 0 aromatic carbocycles. The Bertz CT molecular complexity index is 118. The number of rotatable bonds is 0. The summed E-state index contributed by atoms with van der Waals surface area (Å²) in [5, 5.41) is 0. The van der Waals surface area contributed by atoms with Gasteiger partial charge in [0, 0.05) is 0 Å². The fourth-order valence-corrected chi connectivity index (χ4v) is 1.76. The van der Waals surface area contributed by atoms with Gasteiger partial charge in [-0.2, -0.15) is 7.84 Å². The van der Waals surface area contributed by atoms with Crippen molar-refractivity contribution in [3.63, 3.8) is 0 Å². The van der Waals surface area contributed by atoms with Crippen molar-refractivity contribution in [3.05, 3.63) is 0 Å². The van der Waals surface area contributed by atoms with Gasteiger partial charge in [-0.05, 0) is 0 Å². The highest BCUT2D eigenvalue weighted by Gasteiger charge is 2.14. The Morgan fingerprint density at radius 1 is 1.38 bits per heavy atom. The molecule has 0 saturated carbocycles. The Kier molecular flexibility index (Phi) is 2.12. The minimum atomic E-state index is -1.77. The predicted molar refractivity (Wildman–Crippen MR) is 28.2 cm³/mol. The third kappa shape index (κ3) is 1.62. The van der Waals surface area contributed by atoms with Crippen LogP contribution in [0.1, 0.15) is 0 Å². The highest BCUT2D eigenvalue weighted by Crippen LogP contribution is 2.00. The van der Waals surface area contributed by atoms with E-state index < -0.39 is 22.4 Å². The zero-order valence-electron chi connectivity index (χ0n) is 3.86. The van der Waals surface area contributed by atoms with Gasteiger partial charge in [-0.3, -0.25) is 4.18 Å². The minimum Gasteiger partial charge on any atom is -0.267 e. The van der Waals surface area contributed by atoms with E-state index in [4.69, 9.17) is 0 Å². The fourth-order valence-electron chi connectivity index (χ4n) is 0.286. The van der Waals surface area contributed by atoms with Crippen LogP contribution in [0, 0.1) is 0 Å². The maximum absolute atomic E-state index is 10.3. The molecular weight excluding hydrogens is 152 g/mol. The fraction of sp³-hybridized carbons (Fsp3) is 1.00. The third-order valence-corrected chi connectivity index (χ3v) is 2.47. The van der Waals surface area contributed by atoms with Crippen LogP contribution in [0.15, 0.2) is 0 Å². The molecule has 0 aliphatic carbocycles. The molecule has 1 heterocycles. The molecule has 2 atom stereocenters. The molecule has 0 amide bonds. The van der Waals surface area contributed by atoms with E-state index in [0.29, 0.717) is 5.75 Å². The lowest BCUT2D eigenvalue weighted by molar-refractivity contribution is 0.318. The molecule has 0 aromatic heterocycles. The zero-order chi connectivity index (χ0) is 5.98. The summed E-state index contributed by atoms with van der Waals surface area (Å²) < 4.78 is 29.0. The van der Waals surface area contributed by atoms with E-state index in [-0.39, 0.29) is 6.61 Å². The van der Waals surface area contributed by atoms with E-state index in [1.54, 1.807) is 0 Å². The highest BCUT2D eigenvalue weighted by molar-refractivity contribution is 7.91. The maximum atomic E-state index is 10.3. The summed E-state index contributed by atoms with van der Waals surface area (Å²) >= 11 is -3.17. The summed E-state index contributed by atoms with van der Waals surface area (Å²) in [4.78, 5) is 0. The largest absolute Gasteiger partial charge is 0.318 e. The van der Waals surface area contributed by atoms with Crippen LogP contribution >= 0.6 is 0 Å². The van der Waals surface area contributed by atoms with Gasteiger partial charge in [-0.15, -0.1) is 0 Å². The molecule has 0 bridgehead atoms. The molecular formula is C2H4O4S2. The summed E-state index contributed by atoms with van der Waals surface area (Å²) in [6.07, 6.45) is 0. The van der Waals surface area contributed by atoms with Crippen LogP contribution < -0.4 is 0 Å². The van der Waals surface area contributed by atoms with E-state index >= 15 is 0 Å². The first-order valence-corrected chi connectivity index (χ1v) is 4.15. The van der Waals surface area contributed by atoms with E-state index in [1.807, 2.05) is 0 Å². The molecule has 6 heteroatoms. The van der Waals surface area contributed by atoms with Crippen LogP contribution in [0.25, 0.3) is 0 Å². The van der Waals surface area contributed by atoms with E-state index in [2.05, 4.69) is 7.81 Å². The first-order valence-electron chi connectivity index (χ1n) is 1.91. The number of hydrogen-bond donors (Lipinski definition) is 0. The topological polar surface area (TPSA) is 52.6 Å². The van der Waals surface area contributed by atoms with Crippen molar-refractivity contribution in [2.45, 2.75) is 0 Å². The molecule has 48 valence electrons. The molecule has 1 fully saturated rings. The second-order valence-corrected chi connectivity index (χ2v) is 3.31. The standard InChI is InChI=1S/C2H4O4S2/c3-7-2-1-5-8(4)6-7/h1-2H2. The van der Waals surface area contributed by atoms with Gasteiger partial charge in [0.2, 0.25) is 0 Å². The Balaban J connectivity index is 2.45. The molecule has 0 N–H and O–H groups in total. The minimum absolute atomic E-state index is 0.249. The van der Waals surface area contributed by atoms with E-state index in [9.17, 15) is 8.42 Å². The predicted octanol–water partition coefficient (Wildman–Crippen LogP) is -0.724. The normalized spacial score (nSPS) is 39.5. The molecule has 1 saturated heterocycles. The second-order valence-electron chi connectivity index (χ2n) is 1.10. The smallest absolute Gasteiger partial charge is 0.267 e. The van der Waals surface area contributed by atoms with Crippen molar-refractivity contribution < 1.29 is 16.2 Å². The van der Waals surface area contributed by atoms with Crippen molar-refractivity contribution in [3.8, 4) is 0 Å². The number of hydrogen-bond acceptors (Lipinski definition) is 4. The summed E-state index contributed by atoms with van der Waals surface area (Å²) in [7, 11) is 0. The Morgan fingerprint density at radius 2 is 2.12 bits per heavy atom. The van der Waals surface area contributed by atoms with Gasteiger partial charge in [-0.1, -0.05) is 0 Å². The van der Waals surface area contributed by atoms with Crippen molar-refractivity contribution in [1.82, 2.24) is 0 Å². The van der Waals surface area contributed by atoms with Crippen LogP contribution in [-0.2, 0) is 30.3 Å². The quantitative estimate of drug-likeness (QED) is 0.464. The summed E-state index contributed by atoms with van der Waals surface area (Å²) in [6, 6.07) is 0. The van der Waals surface area contributed by atoms with Gasteiger partial charge in [0.25, 0.3) is 0 Å². The summed E-state index contributed by atoms with van der Waals surface area (Å²) in [5.41, 5.74) is 0. The average Bonchev–Trinajstić information content (AvgIpc) is 1.64. The molecule has 2 unspecified atom stereocenters. The third-order valence-electron chi connectivity index (χ3n) is 0.561. The summed E-state index contributed by atoms with van der Waals surface area (Å²) in [5.74, 6) is 0.311.